The molecule has 0 aliphatic carbocycles. The molecule has 3 aromatic rings. The van der Waals surface area contributed by atoms with E-state index in [1.807, 2.05) is 63.2 Å². The molecule has 6 heteroatoms. The number of carbonyl (C=O) groups is 1. The summed E-state index contributed by atoms with van der Waals surface area (Å²) in [6.07, 6.45) is 0. The zero-order valence-electron chi connectivity index (χ0n) is 16.9. The number of benzene rings is 2. The molecule has 2 aromatic carbocycles. The van der Waals surface area contributed by atoms with Gasteiger partial charge in [-0.3, -0.25) is 9.59 Å². The topological polar surface area (TPSA) is 73.2 Å². The third-order valence-electron chi connectivity index (χ3n) is 4.53. The number of carbonyl (C=O) groups excluding carboxylic acids is 1. The van der Waals surface area contributed by atoms with Gasteiger partial charge in [0, 0.05) is 18.2 Å². The van der Waals surface area contributed by atoms with Gasteiger partial charge in [-0.15, -0.1) is 0 Å². The lowest BCUT2D eigenvalue weighted by molar-refractivity contribution is -0.123. The quantitative estimate of drug-likeness (QED) is 0.672. The van der Waals surface area contributed by atoms with Gasteiger partial charge in [0.2, 0.25) is 0 Å². The minimum atomic E-state index is -0.239. The zero-order chi connectivity index (χ0) is 20.8. The van der Waals surface area contributed by atoms with Crippen molar-refractivity contribution in [3.63, 3.8) is 0 Å². The Morgan fingerprint density at radius 3 is 2.41 bits per heavy atom. The van der Waals surface area contributed by atoms with E-state index in [1.165, 1.54) is 10.7 Å². The van der Waals surface area contributed by atoms with Crippen molar-refractivity contribution in [3.05, 3.63) is 81.6 Å². The molecule has 1 heterocycles. The van der Waals surface area contributed by atoms with Gasteiger partial charge in [0.25, 0.3) is 11.5 Å². The Kier molecular flexibility index (Phi) is 6.44. The molecular weight excluding hydrogens is 366 g/mol. The molecule has 1 amide bonds. The highest BCUT2D eigenvalue weighted by Gasteiger charge is 2.09. The van der Waals surface area contributed by atoms with Crippen LogP contribution in [0.15, 0.2) is 59.4 Å². The molecule has 0 aliphatic heterocycles. The van der Waals surface area contributed by atoms with Crippen molar-refractivity contribution < 1.29 is 9.53 Å². The molecule has 0 saturated heterocycles. The Bertz CT molecular complexity index is 1040. The zero-order valence-corrected chi connectivity index (χ0v) is 16.9. The first kappa shape index (κ1) is 20.3. The molecule has 29 heavy (non-hydrogen) atoms. The minimum Gasteiger partial charge on any atom is -0.483 e. The van der Waals surface area contributed by atoms with Crippen molar-refractivity contribution in [2.75, 3.05) is 13.2 Å². The second-order valence-electron chi connectivity index (χ2n) is 7.01. The molecule has 0 spiro atoms. The van der Waals surface area contributed by atoms with Gasteiger partial charge >= 0.3 is 0 Å². The fourth-order valence-corrected chi connectivity index (χ4v) is 3.26. The van der Waals surface area contributed by atoms with Crippen LogP contribution in [0.5, 0.6) is 5.75 Å². The maximum absolute atomic E-state index is 12.1. The normalized spacial score (nSPS) is 10.6. The van der Waals surface area contributed by atoms with Crippen LogP contribution in [0.1, 0.15) is 16.7 Å². The van der Waals surface area contributed by atoms with Gasteiger partial charge in [-0.1, -0.05) is 48.0 Å². The van der Waals surface area contributed by atoms with E-state index in [4.69, 9.17) is 4.74 Å². The maximum Gasteiger partial charge on any atom is 0.266 e. The lowest BCUT2D eigenvalue weighted by atomic mass is 10.1. The molecule has 3 rings (SSSR count). The SMILES string of the molecule is Cc1cc(C)c(OCC(=O)NCCn2nc(-c3ccccc3)ccc2=O)c(C)c1. The van der Waals surface area contributed by atoms with Crippen molar-refractivity contribution in [2.45, 2.75) is 27.3 Å². The average Bonchev–Trinajstić information content (AvgIpc) is 2.69. The van der Waals surface area contributed by atoms with E-state index in [1.54, 1.807) is 6.07 Å². The second-order valence-corrected chi connectivity index (χ2v) is 7.01. The Morgan fingerprint density at radius 2 is 1.72 bits per heavy atom. The summed E-state index contributed by atoms with van der Waals surface area (Å²) in [6.45, 7) is 6.46. The van der Waals surface area contributed by atoms with Gasteiger partial charge in [0.1, 0.15) is 5.75 Å². The first-order valence-corrected chi connectivity index (χ1v) is 9.55. The maximum atomic E-state index is 12.1. The predicted octanol–water partition coefficient (Wildman–Crippen LogP) is 3.03. The number of hydrogen-bond acceptors (Lipinski definition) is 4. The molecule has 1 aromatic heterocycles. The monoisotopic (exact) mass is 391 g/mol. The number of amides is 1. The number of nitrogens with zero attached hydrogens (tertiary/aromatic N) is 2. The fourth-order valence-electron chi connectivity index (χ4n) is 3.26. The van der Waals surface area contributed by atoms with E-state index in [-0.39, 0.29) is 24.6 Å². The fraction of sp³-hybridized carbons (Fsp3) is 0.261. The number of rotatable bonds is 7. The van der Waals surface area contributed by atoms with E-state index < -0.39 is 0 Å². The van der Waals surface area contributed by atoms with Gasteiger partial charge in [-0.25, -0.2) is 4.68 Å². The van der Waals surface area contributed by atoms with Crippen LogP contribution in [0.3, 0.4) is 0 Å². The number of nitrogens with one attached hydrogen (secondary N) is 1. The summed E-state index contributed by atoms with van der Waals surface area (Å²) in [4.78, 5) is 24.2. The molecule has 0 fully saturated rings. The van der Waals surface area contributed by atoms with E-state index in [2.05, 4.69) is 10.4 Å². The number of aromatic nitrogens is 2. The third-order valence-corrected chi connectivity index (χ3v) is 4.53. The van der Waals surface area contributed by atoms with Gasteiger partial charge in [0.05, 0.1) is 12.2 Å². The van der Waals surface area contributed by atoms with Crippen molar-refractivity contribution >= 4 is 5.91 Å². The summed E-state index contributed by atoms with van der Waals surface area (Å²) < 4.78 is 7.05. The van der Waals surface area contributed by atoms with Crippen molar-refractivity contribution in [1.29, 1.82) is 0 Å². The second kappa shape index (κ2) is 9.19. The highest BCUT2D eigenvalue weighted by atomic mass is 16.5. The molecule has 0 radical (unpaired) electrons. The van der Waals surface area contributed by atoms with Crippen LogP contribution in [0.2, 0.25) is 0 Å². The first-order chi connectivity index (χ1) is 13.9. The highest BCUT2D eigenvalue weighted by Crippen LogP contribution is 2.24. The Labute approximate surface area is 170 Å². The van der Waals surface area contributed by atoms with E-state index in [9.17, 15) is 9.59 Å². The van der Waals surface area contributed by atoms with E-state index >= 15 is 0 Å². The van der Waals surface area contributed by atoms with Crippen LogP contribution >= 0.6 is 0 Å². The van der Waals surface area contributed by atoms with Gasteiger partial charge < -0.3 is 10.1 Å². The summed E-state index contributed by atoms with van der Waals surface area (Å²) >= 11 is 0. The standard InChI is InChI=1S/C23H25N3O3/c1-16-13-17(2)23(18(3)14-16)29-15-21(27)24-11-12-26-22(28)10-9-20(25-26)19-7-5-4-6-8-19/h4-10,13-14H,11-12,15H2,1-3H3,(H,24,27). The Morgan fingerprint density at radius 1 is 1.03 bits per heavy atom. The predicted molar refractivity (Wildman–Crippen MR) is 113 cm³/mol. The molecule has 0 atom stereocenters. The average molecular weight is 391 g/mol. The molecule has 1 N–H and O–H groups in total. The summed E-state index contributed by atoms with van der Waals surface area (Å²) in [6, 6.07) is 16.9. The number of ether oxygens (including phenoxy) is 1. The largest absolute Gasteiger partial charge is 0.483 e. The molecule has 0 aliphatic rings. The lowest BCUT2D eigenvalue weighted by Crippen LogP contribution is -2.34. The van der Waals surface area contributed by atoms with Crippen LogP contribution in [0.4, 0.5) is 0 Å². The highest BCUT2D eigenvalue weighted by molar-refractivity contribution is 5.77. The summed E-state index contributed by atoms with van der Waals surface area (Å²) in [5.41, 5.74) is 4.61. The first-order valence-electron chi connectivity index (χ1n) is 9.55. The lowest BCUT2D eigenvalue weighted by Gasteiger charge is -2.13. The molecule has 0 saturated carbocycles. The summed E-state index contributed by atoms with van der Waals surface area (Å²) in [5.74, 6) is 0.496. The Hall–Kier alpha value is -3.41. The third kappa shape index (κ3) is 5.31. The Balaban J connectivity index is 1.55. The summed E-state index contributed by atoms with van der Waals surface area (Å²) in [7, 11) is 0. The molecular formula is C23H25N3O3. The van der Waals surface area contributed by atoms with Crippen molar-refractivity contribution in [2.24, 2.45) is 0 Å². The molecule has 0 unspecified atom stereocenters. The van der Waals surface area contributed by atoms with Gasteiger partial charge in [-0.2, -0.15) is 5.10 Å². The van der Waals surface area contributed by atoms with Crippen LogP contribution in [-0.2, 0) is 11.3 Å². The van der Waals surface area contributed by atoms with Gasteiger partial charge in [-0.05, 0) is 38.0 Å². The van der Waals surface area contributed by atoms with Crippen molar-refractivity contribution in [3.8, 4) is 17.0 Å². The van der Waals surface area contributed by atoms with E-state index in [0.29, 0.717) is 12.2 Å². The summed E-state index contributed by atoms with van der Waals surface area (Å²) in [5, 5.41) is 7.16. The molecule has 6 nitrogen and oxygen atoms in total. The smallest absolute Gasteiger partial charge is 0.266 e. The van der Waals surface area contributed by atoms with Crippen LogP contribution in [0, 0.1) is 20.8 Å². The number of aryl methyl sites for hydroxylation is 3. The number of hydrogen-bond donors (Lipinski definition) is 1. The van der Waals surface area contributed by atoms with Crippen LogP contribution in [0.25, 0.3) is 11.3 Å². The van der Waals surface area contributed by atoms with Crippen LogP contribution in [-0.4, -0.2) is 28.8 Å². The van der Waals surface area contributed by atoms with E-state index in [0.717, 1.165) is 28.0 Å². The minimum absolute atomic E-state index is 0.0723. The molecule has 150 valence electrons. The van der Waals surface area contributed by atoms with Crippen molar-refractivity contribution in [1.82, 2.24) is 15.1 Å². The van der Waals surface area contributed by atoms with Crippen LogP contribution < -0.4 is 15.6 Å². The molecule has 0 bridgehead atoms. The van der Waals surface area contributed by atoms with Gasteiger partial charge in [0.15, 0.2) is 6.61 Å².